The van der Waals surface area contributed by atoms with Crippen molar-refractivity contribution in [3.05, 3.63) is 58.6 Å². The average Bonchev–Trinajstić information content (AvgIpc) is 2.66. The van der Waals surface area contributed by atoms with Gasteiger partial charge in [-0.05, 0) is 73.0 Å². The number of benzene rings is 2. The van der Waals surface area contributed by atoms with E-state index in [1.807, 2.05) is 0 Å². The average molecular weight is 495 g/mol. The van der Waals surface area contributed by atoms with Crippen LogP contribution in [0.25, 0.3) is 0 Å². The van der Waals surface area contributed by atoms with Gasteiger partial charge in [0.05, 0.1) is 0 Å². The van der Waals surface area contributed by atoms with Crippen LogP contribution in [-0.4, -0.2) is 23.3 Å². The Morgan fingerprint density at radius 3 is 1.36 bits per heavy atom. The van der Waals surface area contributed by atoms with E-state index >= 15 is 0 Å². The van der Waals surface area contributed by atoms with Crippen molar-refractivity contribution in [1.82, 2.24) is 20.8 Å². The first kappa shape index (κ1) is 23.1. The Balaban J connectivity index is 1.66. The zero-order valence-electron chi connectivity index (χ0n) is 14.4. The predicted octanol–water partition coefficient (Wildman–Crippen LogP) is 2.82. The summed E-state index contributed by atoms with van der Waals surface area (Å²) >= 11 is 21.9. The smallest absolute Gasteiger partial charge is 0.188 e. The lowest BCUT2D eigenvalue weighted by molar-refractivity contribution is 0.589. The summed E-state index contributed by atoms with van der Waals surface area (Å²) in [4.78, 5) is 0. The molecule has 0 spiro atoms. The quantitative estimate of drug-likeness (QED) is 0.265. The molecule has 0 bridgehead atoms. The van der Waals surface area contributed by atoms with Crippen molar-refractivity contribution in [2.24, 2.45) is 0 Å². The third-order valence-electron chi connectivity index (χ3n) is 3.36. The molecule has 4 N–H and O–H groups in total. The Labute approximate surface area is 185 Å². The molecular weight excluding hydrogens is 477 g/mol. The van der Waals surface area contributed by atoms with Crippen LogP contribution in [0.2, 0.25) is 10.0 Å². The van der Waals surface area contributed by atoms with Crippen LogP contribution in [0.15, 0.2) is 48.5 Å². The van der Waals surface area contributed by atoms with E-state index in [0.29, 0.717) is 33.7 Å². The standard InChI is InChI=1S/C16H18Cl2N4O2P2S2/c17-11-1-5-13(6-2-11)25(23)21-15(27)19-9-10-20-16(28)22-26(24)14-7-3-12(18)4-8-14/h1-8,25-26H,9-10H2,(H2,19,21,23,27)(H2,20,22,24,28). The second-order valence-corrected chi connectivity index (χ2v) is 10.1. The van der Waals surface area contributed by atoms with Crippen molar-refractivity contribution < 1.29 is 9.13 Å². The van der Waals surface area contributed by atoms with Gasteiger partial charge >= 0.3 is 0 Å². The molecule has 28 heavy (non-hydrogen) atoms. The maximum atomic E-state index is 12.2. The van der Waals surface area contributed by atoms with Crippen molar-refractivity contribution in [2.45, 2.75) is 0 Å². The molecule has 2 unspecified atom stereocenters. The van der Waals surface area contributed by atoms with Crippen molar-refractivity contribution in [1.29, 1.82) is 0 Å². The van der Waals surface area contributed by atoms with Gasteiger partial charge in [0.25, 0.3) is 0 Å². The minimum atomic E-state index is -2.25. The molecule has 0 saturated heterocycles. The summed E-state index contributed by atoms with van der Waals surface area (Å²) in [6, 6.07) is 13.4. The fourth-order valence-electron chi connectivity index (χ4n) is 1.99. The highest BCUT2D eigenvalue weighted by Gasteiger charge is 2.07. The van der Waals surface area contributed by atoms with E-state index in [-0.39, 0.29) is 10.2 Å². The van der Waals surface area contributed by atoms with Crippen LogP contribution in [0.4, 0.5) is 0 Å². The molecule has 0 aliphatic carbocycles. The fraction of sp³-hybridized carbons (Fsp3) is 0.125. The van der Waals surface area contributed by atoms with E-state index in [0.717, 1.165) is 0 Å². The highest BCUT2D eigenvalue weighted by atomic mass is 35.5. The lowest BCUT2D eigenvalue weighted by Gasteiger charge is -2.13. The lowest BCUT2D eigenvalue weighted by atomic mass is 10.4. The molecule has 0 heterocycles. The first-order valence-electron chi connectivity index (χ1n) is 8.04. The summed E-state index contributed by atoms with van der Waals surface area (Å²) in [5.74, 6) is 0. The summed E-state index contributed by atoms with van der Waals surface area (Å²) in [6.07, 6.45) is 0. The minimum absolute atomic E-state index is 0.272. The first-order valence-corrected chi connectivity index (χ1v) is 12.4. The van der Waals surface area contributed by atoms with Gasteiger partial charge in [0.15, 0.2) is 26.1 Å². The van der Waals surface area contributed by atoms with Crippen LogP contribution in [0, 0.1) is 0 Å². The van der Waals surface area contributed by atoms with Crippen molar-refractivity contribution in [3.63, 3.8) is 0 Å². The molecule has 6 nitrogen and oxygen atoms in total. The molecule has 2 rings (SSSR count). The molecular formula is C16H18Cl2N4O2P2S2. The Morgan fingerprint density at radius 1 is 0.714 bits per heavy atom. The van der Waals surface area contributed by atoms with Crippen molar-refractivity contribution >= 4 is 84.4 Å². The Morgan fingerprint density at radius 2 is 1.04 bits per heavy atom. The molecule has 0 fully saturated rings. The molecule has 0 aromatic heterocycles. The van der Waals surface area contributed by atoms with Crippen LogP contribution in [-0.2, 0) is 9.13 Å². The van der Waals surface area contributed by atoms with Crippen LogP contribution >= 0.6 is 63.5 Å². The lowest BCUT2D eigenvalue weighted by Crippen LogP contribution is -2.40. The maximum absolute atomic E-state index is 12.2. The number of rotatable bonds is 7. The van der Waals surface area contributed by atoms with Gasteiger partial charge in [0.2, 0.25) is 0 Å². The molecule has 12 heteroatoms. The molecule has 150 valence electrons. The van der Waals surface area contributed by atoms with Gasteiger partial charge in [-0.25, -0.2) is 0 Å². The number of hydrogen-bond acceptors (Lipinski definition) is 4. The zero-order valence-corrected chi connectivity index (χ0v) is 19.6. The highest BCUT2D eigenvalue weighted by Crippen LogP contribution is 2.17. The molecule has 2 atom stereocenters. The summed E-state index contributed by atoms with van der Waals surface area (Å²) in [5, 5.41) is 14.3. The van der Waals surface area contributed by atoms with Crippen LogP contribution in [0.3, 0.4) is 0 Å². The summed E-state index contributed by atoms with van der Waals surface area (Å²) in [5.41, 5.74) is 0. The minimum Gasteiger partial charge on any atom is -0.361 e. The topological polar surface area (TPSA) is 82.3 Å². The van der Waals surface area contributed by atoms with Gasteiger partial charge in [0, 0.05) is 33.7 Å². The molecule has 0 aliphatic heterocycles. The van der Waals surface area contributed by atoms with E-state index in [2.05, 4.69) is 20.8 Å². The summed E-state index contributed by atoms with van der Waals surface area (Å²) in [6.45, 7) is 0.872. The second-order valence-electron chi connectivity index (χ2n) is 5.43. The number of hydrogen-bond donors (Lipinski definition) is 4. The first-order chi connectivity index (χ1) is 13.3. The van der Waals surface area contributed by atoms with E-state index in [1.54, 1.807) is 48.5 Å². The van der Waals surface area contributed by atoms with E-state index < -0.39 is 15.9 Å². The van der Waals surface area contributed by atoms with E-state index in [9.17, 15) is 9.13 Å². The predicted molar refractivity (Wildman–Crippen MR) is 128 cm³/mol. The fourth-order valence-corrected chi connectivity index (χ4v) is 4.82. The van der Waals surface area contributed by atoms with Gasteiger partial charge in [0.1, 0.15) is 0 Å². The third-order valence-corrected chi connectivity index (χ3v) is 7.39. The molecule has 0 amide bonds. The maximum Gasteiger partial charge on any atom is 0.188 e. The molecule has 2 aromatic carbocycles. The molecule has 2 aromatic rings. The van der Waals surface area contributed by atoms with Gasteiger partial charge in [-0.3, -0.25) is 9.13 Å². The SMILES string of the molecule is O=[PH](NC(=S)NCCNC(=S)N[PH](=O)c1ccc(Cl)cc1)c1ccc(Cl)cc1. The van der Waals surface area contributed by atoms with Gasteiger partial charge in [-0.1, -0.05) is 23.2 Å². The molecule has 0 saturated carbocycles. The monoisotopic (exact) mass is 494 g/mol. The van der Waals surface area contributed by atoms with Crippen LogP contribution in [0.1, 0.15) is 0 Å². The number of nitrogens with one attached hydrogen (secondary N) is 4. The number of halogens is 2. The Hall–Kier alpha value is -1.14. The largest absolute Gasteiger partial charge is 0.361 e. The van der Waals surface area contributed by atoms with Crippen LogP contribution in [0.5, 0.6) is 0 Å². The highest BCUT2D eigenvalue weighted by molar-refractivity contribution is 7.81. The van der Waals surface area contributed by atoms with Crippen molar-refractivity contribution in [3.8, 4) is 0 Å². The van der Waals surface area contributed by atoms with Crippen LogP contribution < -0.4 is 31.4 Å². The summed E-state index contributed by atoms with van der Waals surface area (Å²) in [7, 11) is -4.50. The summed E-state index contributed by atoms with van der Waals surface area (Å²) < 4.78 is 24.4. The van der Waals surface area contributed by atoms with E-state index in [4.69, 9.17) is 47.6 Å². The van der Waals surface area contributed by atoms with Crippen molar-refractivity contribution in [2.75, 3.05) is 13.1 Å². The van der Waals surface area contributed by atoms with Gasteiger partial charge < -0.3 is 20.8 Å². The molecule has 0 aliphatic rings. The number of thiocarbonyl (C=S) groups is 2. The normalized spacial score (nSPS) is 12.5. The van der Waals surface area contributed by atoms with E-state index in [1.165, 1.54) is 0 Å². The van der Waals surface area contributed by atoms with Gasteiger partial charge in [-0.2, -0.15) is 0 Å². The third kappa shape index (κ3) is 8.08. The second kappa shape index (κ2) is 11.8. The molecule has 0 radical (unpaired) electrons. The Bertz CT molecular complexity index is 810. The van der Waals surface area contributed by atoms with Gasteiger partial charge in [-0.15, -0.1) is 0 Å². The Kier molecular flexibility index (Phi) is 9.72. The zero-order chi connectivity index (χ0) is 20.5.